The van der Waals surface area contributed by atoms with E-state index in [1.165, 1.54) is 6.07 Å². The number of amides is 2. The number of hydrogen-bond donors (Lipinski definition) is 3. The van der Waals surface area contributed by atoms with E-state index in [0.717, 1.165) is 22.8 Å². The van der Waals surface area contributed by atoms with Gasteiger partial charge in [0.1, 0.15) is 0 Å². The van der Waals surface area contributed by atoms with Crippen LogP contribution >= 0.6 is 22.6 Å². The van der Waals surface area contributed by atoms with Crippen molar-refractivity contribution >= 4 is 40.3 Å². The first-order valence-corrected chi connectivity index (χ1v) is 7.64. The minimum absolute atomic E-state index is 0.104. The molecule has 1 aliphatic rings. The lowest BCUT2D eigenvalue weighted by Crippen LogP contribution is -2.36. The molecule has 5 nitrogen and oxygen atoms in total. The van der Waals surface area contributed by atoms with Crippen molar-refractivity contribution < 1.29 is 14.7 Å². The van der Waals surface area contributed by atoms with Gasteiger partial charge in [-0.25, -0.2) is 9.59 Å². The first-order valence-electron chi connectivity index (χ1n) is 6.56. The zero-order chi connectivity index (χ0) is 14.7. The third kappa shape index (κ3) is 3.84. The summed E-state index contributed by atoms with van der Waals surface area (Å²) in [6.45, 7) is 2.17. The van der Waals surface area contributed by atoms with Gasteiger partial charge in [0.25, 0.3) is 0 Å². The number of urea groups is 1. The Morgan fingerprint density at radius 3 is 2.70 bits per heavy atom. The van der Waals surface area contributed by atoms with Crippen molar-refractivity contribution in [3.63, 3.8) is 0 Å². The maximum absolute atomic E-state index is 11.9. The van der Waals surface area contributed by atoms with Gasteiger partial charge in [-0.05, 0) is 66.0 Å². The van der Waals surface area contributed by atoms with E-state index in [4.69, 9.17) is 5.11 Å². The molecule has 0 aromatic heterocycles. The SMILES string of the molecule is CC1CCC(NC(=O)Nc2ccc(I)cc2C(=O)O)C1. The zero-order valence-corrected chi connectivity index (χ0v) is 13.3. The molecule has 1 aromatic carbocycles. The number of carbonyl (C=O) groups excluding carboxylic acids is 1. The molecule has 2 atom stereocenters. The van der Waals surface area contributed by atoms with E-state index in [2.05, 4.69) is 17.6 Å². The number of carboxylic acids is 1. The molecule has 2 rings (SSSR count). The lowest BCUT2D eigenvalue weighted by molar-refractivity contribution is 0.0698. The summed E-state index contributed by atoms with van der Waals surface area (Å²) < 4.78 is 0.815. The number of halogens is 1. The average Bonchev–Trinajstić information content (AvgIpc) is 2.76. The van der Waals surface area contributed by atoms with Gasteiger partial charge in [-0.3, -0.25) is 0 Å². The summed E-state index contributed by atoms with van der Waals surface area (Å²) in [6, 6.07) is 4.76. The molecule has 1 saturated carbocycles. The predicted molar refractivity (Wildman–Crippen MR) is 85.1 cm³/mol. The van der Waals surface area contributed by atoms with Crippen molar-refractivity contribution in [3.05, 3.63) is 27.3 Å². The third-order valence-corrected chi connectivity index (χ3v) is 4.16. The Labute approximate surface area is 131 Å². The van der Waals surface area contributed by atoms with Crippen molar-refractivity contribution in [3.8, 4) is 0 Å². The maximum atomic E-state index is 11.9. The highest BCUT2D eigenvalue weighted by molar-refractivity contribution is 14.1. The van der Waals surface area contributed by atoms with Crippen LogP contribution in [0.2, 0.25) is 0 Å². The predicted octanol–water partition coefficient (Wildman–Crippen LogP) is 3.30. The number of benzene rings is 1. The van der Waals surface area contributed by atoms with Gasteiger partial charge in [0.2, 0.25) is 0 Å². The second kappa shape index (κ2) is 6.43. The molecule has 108 valence electrons. The van der Waals surface area contributed by atoms with E-state index in [0.29, 0.717) is 11.6 Å². The Morgan fingerprint density at radius 2 is 2.10 bits per heavy atom. The molecule has 0 bridgehead atoms. The summed E-state index contributed by atoms with van der Waals surface area (Å²) in [6.07, 6.45) is 3.08. The minimum Gasteiger partial charge on any atom is -0.478 e. The topological polar surface area (TPSA) is 78.4 Å². The molecule has 1 fully saturated rings. The average molecular weight is 388 g/mol. The van der Waals surface area contributed by atoms with Crippen LogP contribution in [0.4, 0.5) is 10.5 Å². The van der Waals surface area contributed by atoms with E-state index in [1.54, 1.807) is 12.1 Å². The molecular formula is C14H17IN2O3. The number of aromatic carboxylic acids is 1. The number of carbonyl (C=O) groups is 2. The minimum atomic E-state index is -1.05. The van der Waals surface area contributed by atoms with Crippen molar-refractivity contribution in [2.75, 3.05) is 5.32 Å². The molecule has 6 heteroatoms. The van der Waals surface area contributed by atoms with E-state index < -0.39 is 5.97 Å². The number of anilines is 1. The number of rotatable bonds is 3. The second-order valence-corrected chi connectivity index (χ2v) is 6.45. The molecule has 3 N–H and O–H groups in total. The van der Waals surface area contributed by atoms with Crippen LogP contribution < -0.4 is 10.6 Å². The lowest BCUT2D eigenvalue weighted by atomic mass is 10.1. The van der Waals surface area contributed by atoms with Crippen LogP contribution in [-0.2, 0) is 0 Å². The van der Waals surface area contributed by atoms with E-state index in [-0.39, 0.29) is 17.6 Å². The monoisotopic (exact) mass is 388 g/mol. The number of nitrogens with one attached hydrogen (secondary N) is 2. The Hall–Kier alpha value is -1.31. The van der Waals surface area contributed by atoms with Crippen LogP contribution in [-0.4, -0.2) is 23.1 Å². The van der Waals surface area contributed by atoms with Gasteiger partial charge >= 0.3 is 12.0 Å². The van der Waals surface area contributed by atoms with E-state index in [1.807, 2.05) is 22.6 Å². The van der Waals surface area contributed by atoms with Gasteiger partial charge < -0.3 is 15.7 Å². The zero-order valence-electron chi connectivity index (χ0n) is 11.1. The standard InChI is InChI=1S/C14H17IN2O3/c1-8-2-4-10(6-8)16-14(20)17-12-5-3-9(15)7-11(12)13(18)19/h3,5,7-8,10H,2,4,6H2,1H3,(H,18,19)(H2,16,17,20). The summed E-state index contributed by atoms with van der Waals surface area (Å²) in [5.74, 6) is -0.415. The molecule has 20 heavy (non-hydrogen) atoms. The summed E-state index contributed by atoms with van der Waals surface area (Å²) in [5.41, 5.74) is 0.424. The molecule has 0 saturated heterocycles. The quantitative estimate of drug-likeness (QED) is 0.696. The Morgan fingerprint density at radius 1 is 1.35 bits per heavy atom. The molecule has 0 spiro atoms. The largest absolute Gasteiger partial charge is 0.478 e. The van der Waals surface area contributed by atoms with Crippen LogP contribution in [0.1, 0.15) is 36.5 Å². The molecule has 1 aliphatic carbocycles. The van der Waals surface area contributed by atoms with Gasteiger partial charge in [-0.1, -0.05) is 6.92 Å². The fourth-order valence-electron chi connectivity index (χ4n) is 2.48. The number of carboxylic acid groups (broad SMARTS) is 1. The Kier molecular flexibility index (Phi) is 4.85. The summed E-state index contributed by atoms with van der Waals surface area (Å²) in [7, 11) is 0. The van der Waals surface area contributed by atoms with Crippen molar-refractivity contribution in [2.24, 2.45) is 5.92 Å². The van der Waals surface area contributed by atoms with E-state index >= 15 is 0 Å². The van der Waals surface area contributed by atoms with Gasteiger partial charge in [-0.2, -0.15) is 0 Å². The van der Waals surface area contributed by atoms with Crippen molar-refractivity contribution in [1.82, 2.24) is 5.32 Å². The van der Waals surface area contributed by atoms with Crippen LogP contribution in [0.15, 0.2) is 18.2 Å². The molecule has 0 aliphatic heterocycles. The third-order valence-electron chi connectivity index (χ3n) is 3.49. The number of hydrogen-bond acceptors (Lipinski definition) is 2. The summed E-state index contributed by atoms with van der Waals surface area (Å²) in [5, 5.41) is 14.7. The fourth-order valence-corrected chi connectivity index (χ4v) is 2.98. The normalized spacial score (nSPS) is 21.5. The summed E-state index contributed by atoms with van der Waals surface area (Å²) in [4.78, 5) is 23.1. The van der Waals surface area contributed by atoms with E-state index in [9.17, 15) is 9.59 Å². The summed E-state index contributed by atoms with van der Waals surface area (Å²) >= 11 is 2.04. The molecule has 2 unspecified atom stereocenters. The first-order chi connectivity index (χ1) is 9.45. The molecule has 2 amide bonds. The smallest absolute Gasteiger partial charge is 0.337 e. The van der Waals surface area contributed by atoms with Crippen LogP contribution in [0.3, 0.4) is 0 Å². The van der Waals surface area contributed by atoms with Crippen molar-refractivity contribution in [1.29, 1.82) is 0 Å². The highest BCUT2D eigenvalue weighted by atomic mass is 127. The molecular weight excluding hydrogens is 371 g/mol. The molecule has 1 aromatic rings. The van der Waals surface area contributed by atoms with Gasteiger partial charge in [0.05, 0.1) is 11.3 Å². The first kappa shape index (κ1) is 15.1. The Bertz CT molecular complexity index is 533. The van der Waals surface area contributed by atoms with Gasteiger partial charge in [0, 0.05) is 9.61 Å². The van der Waals surface area contributed by atoms with Crippen LogP contribution in [0.25, 0.3) is 0 Å². The van der Waals surface area contributed by atoms with Crippen LogP contribution in [0, 0.1) is 9.49 Å². The van der Waals surface area contributed by atoms with Crippen molar-refractivity contribution in [2.45, 2.75) is 32.2 Å². The van der Waals surface area contributed by atoms with Gasteiger partial charge in [-0.15, -0.1) is 0 Å². The highest BCUT2D eigenvalue weighted by Crippen LogP contribution is 2.25. The highest BCUT2D eigenvalue weighted by Gasteiger charge is 2.23. The van der Waals surface area contributed by atoms with Gasteiger partial charge in [0.15, 0.2) is 0 Å². The molecule has 0 heterocycles. The lowest BCUT2D eigenvalue weighted by Gasteiger charge is -2.14. The fraction of sp³-hybridized carbons (Fsp3) is 0.429. The Balaban J connectivity index is 2.02. The molecule has 0 radical (unpaired) electrons. The maximum Gasteiger partial charge on any atom is 0.337 e. The van der Waals surface area contributed by atoms with Crippen LogP contribution in [0.5, 0.6) is 0 Å². The second-order valence-electron chi connectivity index (χ2n) is 5.21.